The Labute approximate surface area is 107 Å². The normalized spacial score (nSPS) is 10.4. The van der Waals surface area contributed by atoms with Crippen molar-refractivity contribution in [1.82, 2.24) is 4.98 Å². The molecule has 0 aromatic heterocycles. The van der Waals surface area contributed by atoms with E-state index in [4.69, 9.17) is 5.73 Å². The van der Waals surface area contributed by atoms with Crippen molar-refractivity contribution in [2.24, 2.45) is 5.73 Å². The molecule has 4 nitrogen and oxygen atoms in total. The van der Waals surface area contributed by atoms with Crippen molar-refractivity contribution in [2.75, 3.05) is 0 Å². The van der Waals surface area contributed by atoms with Crippen molar-refractivity contribution in [3.63, 3.8) is 0 Å². The molecule has 0 aliphatic rings. The monoisotopic (exact) mass is 258 g/mol. The van der Waals surface area contributed by atoms with E-state index in [9.17, 15) is 9.59 Å². The first kappa shape index (κ1) is 16.2. The second-order valence-electron chi connectivity index (χ2n) is 4.47. The Morgan fingerprint density at radius 1 is 0.824 bits per heavy atom. The van der Waals surface area contributed by atoms with E-state index in [0.29, 0.717) is 12.8 Å². The molecule has 5 heteroatoms. The number of nitrogens with one attached hydrogen (secondary N) is 1. The fraction of sp³-hybridized carbons (Fsp3) is 0.833. The Morgan fingerprint density at radius 3 is 1.65 bits per heavy atom. The van der Waals surface area contributed by atoms with Gasteiger partial charge >= 0.3 is 0 Å². The highest BCUT2D eigenvalue weighted by atomic mass is 28.2. The van der Waals surface area contributed by atoms with Crippen LogP contribution in [-0.2, 0) is 9.59 Å². The minimum absolute atomic E-state index is 0.192. The van der Waals surface area contributed by atoms with Crippen molar-refractivity contribution in [2.45, 2.75) is 64.2 Å². The van der Waals surface area contributed by atoms with Crippen molar-refractivity contribution in [3.05, 3.63) is 0 Å². The molecule has 0 aromatic carbocycles. The van der Waals surface area contributed by atoms with Gasteiger partial charge in [-0.25, -0.2) is 0 Å². The summed E-state index contributed by atoms with van der Waals surface area (Å²) in [4.78, 5) is 24.2. The quantitative estimate of drug-likeness (QED) is 0.424. The van der Waals surface area contributed by atoms with Gasteiger partial charge in [-0.15, -0.1) is 0 Å². The van der Waals surface area contributed by atoms with Crippen molar-refractivity contribution in [1.29, 1.82) is 0 Å². The minimum Gasteiger partial charge on any atom is -0.391 e. The molecule has 0 unspecified atom stereocenters. The Bertz CT molecular complexity index is 223. The van der Waals surface area contributed by atoms with Crippen LogP contribution in [0.1, 0.15) is 64.2 Å². The summed E-state index contributed by atoms with van der Waals surface area (Å²) >= 11 is 0. The van der Waals surface area contributed by atoms with Crippen LogP contribution < -0.4 is 10.7 Å². The van der Waals surface area contributed by atoms with Crippen LogP contribution in [0.4, 0.5) is 0 Å². The third-order valence-corrected chi connectivity index (χ3v) is 3.41. The van der Waals surface area contributed by atoms with E-state index in [2.05, 4.69) is 4.98 Å². The van der Waals surface area contributed by atoms with Gasteiger partial charge in [-0.1, -0.05) is 38.5 Å². The van der Waals surface area contributed by atoms with Gasteiger partial charge in [0, 0.05) is 12.8 Å². The number of rotatable bonds is 11. The molecule has 0 radical (unpaired) electrons. The second kappa shape index (κ2) is 11.6. The van der Waals surface area contributed by atoms with Gasteiger partial charge in [-0.3, -0.25) is 9.59 Å². The predicted octanol–water partition coefficient (Wildman–Crippen LogP) is 0.769. The third kappa shape index (κ3) is 13.1. The van der Waals surface area contributed by atoms with Gasteiger partial charge in [0.05, 0.1) is 0 Å². The fourth-order valence-corrected chi connectivity index (χ4v) is 2.02. The van der Waals surface area contributed by atoms with E-state index in [0.717, 1.165) is 36.1 Å². The Morgan fingerprint density at radius 2 is 1.24 bits per heavy atom. The first-order valence-electron chi connectivity index (χ1n) is 6.65. The molecular formula is C12H26N2O2Si. The summed E-state index contributed by atoms with van der Waals surface area (Å²) in [6, 6.07) is 0. The molecule has 0 saturated carbocycles. The minimum atomic E-state index is -0.192. The molecule has 0 aromatic rings. The van der Waals surface area contributed by atoms with Crippen LogP contribution in [0.2, 0.25) is 0 Å². The van der Waals surface area contributed by atoms with Gasteiger partial charge in [-0.2, -0.15) is 0 Å². The molecule has 0 atom stereocenters. The zero-order valence-corrected chi connectivity index (χ0v) is 13.0. The van der Waals surface area contributed by atoms with Gasteiger partial charge < -0.3 is 10.7 Å². The number of hydrogen-bond donors (Lipinski definition) is 2. The van der Waals surface area contributed by atoms with Crippen LogP contribution in [-0.4, -0.2) is 22.2 Å². The van der Waals surface area contributed by atoms with Crippen molar-refractivity contribution >= 4 is 22.2 Å². The first-order valence-corrected chi connectivity index (χ1v) is 7.65. The summed E-state index contributed by atoms with van der Waals surface area (Å²) in [5, 5.41) is 0. The standard InChI is InChI=1S/C12H26N2O2Si/c13-11(15)9-7-5-3-1-2-4-6-8-10-12(16)14-17/h1-10H2,17H3,(H2,13,15)(H,14,16). The zero-order chi connectivity index (χ0) is 12.9. The van der Waals surface area contributed by atoms with Gasteiger partial charge in [0.1, 0.15) is 10.4 Å². The summed E-state index contributed by atoms with van der Waals surface area (Å²) in [5.74, 6) is 0.00498. The number of carbonyl (C=O) groups excluding carboxylic acids is 2. The number of primary amides is 1. The van der Waals surface area contributed by atoms with E-state index in [1.54, 1.807) is 0 Å². The van der Waals surface area contributed by atoms with Crippen LogP contribution in [0.25, 0.3) is 0 Å². The molecule has 0 rings (SSSR count). The topological polar surface area (TPSA) is 72.2 Å². The number of amides is 2. The molecule has 0 spiro atoms. The van der Waals surface area contributed by atoms with Crippen LogP contribution in [0.15, 0.2) is 0 Å². The molecule has 0 aliphatic heterocycles. The van der Waals surface area contributed by atoms with Crippen LogP contribution in [0.3, 0.4) is 0 Å². The maximum atomic E-state index is 11.0. The maximum absolute atomic E-state index is 11.0. The first-order chi connectivity index (χ1) is 8.16. The highest BCUT2D eigenvalue weighted by Crippen LogP contribution is 2.10. The lowest BCUT2D eigenvalue weighted by Gasteiger charge is -2.02. The number of hydrogen-bond acceptors (Lipinski definition) is 2. The van der Waals surface area contributed by atoms with Crippen LogP contribution in [0.5, 0.6) is 0 Å². The second-order valence-corrected chi connectivity index (χ2v) is 4.97. The van der Waals surface area contributed by atoms with Crippen LogP contribution >= 0.6 is 0 Å². The Hall–Kier alpha value is -0.843. The van der Waals surface area contributed by atoms with Crippen molar-refractivity contribution < 1.29 is 9.59 Å². The average Bonchev–Trinajstić information content (AvgIpc) is 2.30. The largest absolute Gasteiger partial charge is 0.391 e. The molecule has 17 heavy (non-hydrogen) atoms. The van der Waals surface area contributed by atoms with E-state index in [1.165, 1.54) is 25.7 Å². The molecule has 0 bridgehead atoms. The Kier molecular flexibility index (Phi) is 11.1. The highest BCUT2D eigenvalue weighted by molar-refractivity contribution is 6.14. The van der Waals surface area contributed by atoms with Gasteiger partial charge in [0.15, 0.2) is 0 Å². The van der Waals surface area contributed by atoms with E-state index < -0.39 is 0 Å². The van der Waals surface area contributed by atoms with Gasteiger partial charge in [0.25, 0.3) is 0 Å². The smallest absolute Gasteiger partial charge is 0.217 e. The summed E-state index contributed by atoms with van der Waals surface area (Å²) < 4.78 is 0. The summed E-state index contributed by atoms with van der Waals surface area (Å²) in [6.45, 7) is 0. The maximum Gasteiger partial charge on any atom is 0.217 e. The molecule has 0 fully saturated rings. The molecular weight excluding hydrogens is 232 g/mol. The SMILES string of the molecule is NC(=O)CCCCCCCCCCC(=O)N[SiH3]. The lowest BCUT2D eigenvalue weighted by atomic mass is 10.1. The van der Waals surface area contributed by atoms with Crippen LogP contribution in [0, 0.1) is 0 Å². The third-order valence-electron chi connectivity index (χ3n) is 2.86. The molecule has 0 aliphatic carbocycles. The van der Waals surface area contributed by atoms with E-state index in [1.807, 2.05) is 0 Å². The van der Waals surface area contributed by atoms with Gasteiger partial charge in [0.2, 0.25) is 11.8 Å². The Balaban J connectivity index is 3.03. The highest BCUT2D eigenvalue weighted by Gasteiger charge is 1.97. The van der Waals surface area contributed by atoms with Gasteiger partial charge in [-0.05, 0) is 12.8 Å². The van der Waals surface area contributed by atoms with E-state index >= 15 is 0 Å². The zero-order valence-electron chi connectivity index (χ0n) is 11.0. The molecule has 2 amide bonds. The number of carbonyl (C=O) groups is 2. The predicted molar refractivity (Wildman–Crippen MR) is 73.4 cm³/mol. The molecule has 3 N–H and O–H groups in total. The van der Waals surface area contributed by atoms with Crippen molar-refractivity contribution in [3.8, 4) is 0 Å². The van der Waals surface area contributed by atoms with E-state index in [-0.39, 0.29) is 11.8 Å². The number of nitrogens with two attached hydrogens (primary N) is 1. The average molecular weight is 258 g/mol. The summed E-state index contributed by atoms with van der Waals surface area (Å²) in [5.41, 5.74) is 5.05. The lowest BCUT2D eigenvalue weighted by Crippen LogP contribution is -2.18. The fourth-order valence-electron chi connectivity index (χ4n) is 1.77. The molecule has 0 saturated heterocycles. The number of unbranched alkanes of at least 4 members (excludes halogenated alkanes) is 7. The molecule has 100 valence electrons. The summed E-state index contributed by atoms with van der Waals surface area (Å²) in [7, 11) is 0.760. The lowest BCUT2D eigenvalue weighted by molar-refractivity contribution is -0.119. The molecule has 0 heterocycles. The summed E-state index contributed by atoms with van der Waals surface area (Å²) in [6.07, 6.45) is 10.3.